The van der Waals surface area contributed by atoms with E-state index in [4.69, 9.17) is 11.6 Å². The summed E-state index contributed by atoms with van der Waals surface area (Å²) in [6.45, 7) is -0.00232. The molecular formula is C12H8ClF3N2. The lowest BCUT2D eigenvalue weighted by molar-refractivity contribution is 0.573. The average Bonchev–Trinajstić information content (AvgIpc) is 2.30. The maximum absolute atomic E-state index is 13.4. The van der Waals surface area contributed by atoms with Crippen LogP contribution < -0.4 is 5.32 Å². The number of rotatable bonds is 3. The fourth-order valence-electron chi connectivity index (χ4n) is 1.39. The molecule has 0 bridgehead atoms. The first-order chi connectivity index (χ1) is 8.56. The summed E-state index contributed by atoms with van der Waals surface area (Å²) in [7, 11) is 0. The summed E-state index contributed by atoms with van der Waals surface area (Å²) >= 11 is 5.54. The molecule has 2 rings (SSSR count). The van der Waals surface area contributed by atoms with E-state index in [1.807, 2.05) is 0 Å². The van der Waals surface area contributed by atoms with Crippen LogP contribution in [0.1, 0.15) is 5.56 Å². The number of nitrogens with one attached hydrogen (secondary N) is 1. The number of hydrogen-bond acceptors (Lipinski definition) is 2. The van der Waals surface area contributed by atoms with Crippen LogP contribution >= 0.6 is 11.6 Å². The molecule has 0 radical (unpaired) electrons. The Labute approximate surface area is 106 Å². The van der Waals surface area contributed by atoms with Gasteiger partial charge in [0.1, 0.15) is 11.6 Å². The summed E-state index contributed by atoms with van der Waals surface area (Å²) in [6.07, 6.45) is 1.27. The van der Waals surface area contributed by atoms with E-state index in [9.17, 15) is 13.2 Å². The van der Waals surface area contributed by atoms with Crippen molar-refractivity contribution in [1.82, 2.24) is 4.98 Å². The maximum atomic E-state index is 13.4. The van der Waals surface area contributed by atoms with Crippen molar-refractivity contribution in [2.45, 2.75) is 6.54 Å². The van der Waals surface area contributed by atoms with Crippen molar-refractivity contribution >= 4 is 17.4 Å². The average molecular weight is 273 g/mol. The largest absolute Gasteiger partial charge is 0.363 e. The maximum Gasteiger partial charge on any atom is 0.166 e. The minimum atomic E-state index is -0.697. The van der Waals surface area contributed by atoms with Crippen molar-refractivity contribution in [3.05, 3.63) is 58.5 Å². The zero-order valence-corrected chi connectivity index (χ0v) is 9.81. The molecule has 0 unspecified atom stereocenters. The first-order valence-corrected chi connectivity index (χ1v) is 5.43. The van der Waals surface area contributed by atoms with Crippen LogP contribution in [0.2, 0.25) is 5.02 Å². The Morgan fingerprint density at radius 1 is 1.11 bits per heavy atom. The normalized spacial score (nSPS) is 10.4. The summed E-state index contributed by atoms with van der Waals surface area (Å²) < 4.78 is 39.3. The first-order valence-electron chi connectivity index (χ1n) is 5.05. The van der Waals surface area contributed by atoms with Crippen molar-refractivity contribution < 1.29 is 13.2 Å². The van der Waals surface area contributed by atoms with Gasteiger partial charge in [0.2, 0.25) is 0 Å². The fourth-order valence-corrected chi connectivity index (χ4v) is 1.53. The van der Waals surface area contributed by atoms with Crippen LogP contribution in [0.4, 0.5) is 19.0 Å². The molecule has 1 heterocycles. The Kier molecular flexibility index (Phi) is 3.72. The van der Waals surface area contributed by atoms with Crippen molar-refractivity contribution in [2.75, 3.05) is 5.32 Å². The van der Waals surface area contributed by atoms with Gasteiger partial charge in [-0.2, -0.15) is 0 Å². The van der Waals surface area contributed by atoms with Gasteiger partial charge in [-0.25, -0.2) is 18.2 Å². The summed E-state index contributed by atoms with van der Waals surface area (Å²) in [5.74, 6) is -2.03. The summed E-state index contributed by atoms with van der Waals surface area (Å²) in [4.78, 5) is 3.73. The molecule has 0 saturated carbocycles. The Bertz CT molecular complexity index is 524. The molecule has 0 fully saturated rings. The molecule has 1 N–H and O–H groups in total. The molecule has 0 atom stereocenters. The second kappa shape index (κ2) is 5.27. The SMILES string of the molecule is Fc1ccc(CNc2ncc(Cl)cc2F)c(F)c1. The predicted octanol–water partition coefficient (Wildman–Crippen LogP) is 3.76. The highest BCUT2D eigenvalue weighted by atomic mass is 35.5. The third-order valence-electron chi connectivity index (χ3n) is 2.27. The number of benzene rings is 1. The molecule has 0 spiro atoms. The zero-order chi connectivity index (χ0) is 13.1. The number of anilines is 1. The molecule has 0 aliphatic carbocycles. The van der Waals surface area contributed by atoms with Crippen LogP contribution in [0.25, 0.3) is 0 Å². The van der Waals surface area contributed by atoms with Gasteiger partial charge >= 0.3 is 0 Å². The van der Waals surface area contributed by atoms with Crippen LogP contribution in [0.15, 0.2) is 30.5 Å². The summed E-state index contributed by atoms with van der Waals surface area (Å²) in [6, 6.07) is 4.28. The van der Waals surface area contributed by atoms with Crippen LogP contribution in [-0.2, 0) is 6.54 Å². The van der Waals surface area contributed by atoms with E-state index in [1.54, 1.807) is 0 Å². The van der Waals surface area contributed by atoms with Crippen LogP contribution in [0.3, 0.4) is 0 Å². The topological polar surface area (TPSA) is 24.9 Å². The second-order valence-electron chi connectivity index (χ2n) is 3.57. The van der Waals surface area contributed by atoms with Gasteiger partial charge in [0, 0.05) is 24.4 Å². The lowest BCUT2D eigenvalue weighted by atomic mass is 10.2. The van der Waals surface area contributed by atoms with E-state index in [0.717, 1.165) is 18.2 Å². The van der Waals surface area contributed by atoms with E-state index >= 15 is 0 Å². The third kappa shape index (κ3) is 2.92. The van der Waals surface area contributed by atoms with Crippen LogP contribution in [0, 0.1) is 17.5 Å². The Hall–Kier alpha value is -1.75. The first kappa shape index (κ1) is 12.7. The minimum absolute atomic E-state index is 0.00232. The lowest BCUT2D eigenvalue weighted by Crippen LogP contribution is -2.05. The van der Waals surface area contributed by atoms with Gasteiger partial charge < -0.3 is 5.32 Å². The molecule has 0 aliphatic heterocycles. The zero-order valence-electron chi connectivity index (χ0n) is 9.05. The van der Waals surface area contributed by atoms with E-state index < -0.39 is 17.5 Å². The smallest absolute Gasteiger partial charge is 0.166 e. The lowest BCUT2D eigenvalue weighted by Gasteiger charge is -2.07. The number of halogens is 4. The molecule has 18 heavy (non-hydrogen) atoms. The molecule has 0 saturated heterocycles. The van der Waals surface area contributed by atoms with Crippen LogP contribution in [0.5, 0.6) is 0 Å². The molecule has 1 aromatic heterocycles. The summed E-state index contributed by atoms with van der Waals surface area (Å²) in [5, 5.41) is 2.78. The van der Waals surface area contributed by atoms with Crippen molar-refractivity contribution in [1.29, 1.82) is 0 Å². The molecular weight excluding hydrogens is 265 g/mol. The summed E-state index contributed by atoms with van der Waals surface area (Å²) in [5.41, 5.74) is 0.215. The van der Waals surface area contributed by atoms with E-state index in [0.29, 0.717) is 0 Å². The monoisotopic (exact) mass is 272 g/mol. The number of hydrogen-bond donors (Lipinski definition) is 1. The Morgan fingerprint density at radius 3 is 2.56 bits per heavy atom. The van der Waals surface area contributed by atoms with Gasteiger partial charge in [0.05, 0.1) is 5.02 Å². The van der Waals surface area contributed by atoms with Crippen molar-refractivity contribution in [2.24, 2.45) is 0 Å². The Morgan fingerprint density at radius 2 is 1.89 bits per heavy atom. The standard InChI is InChI=1S/C12H8ClF3N2/c13-8-3-11(16)12(18-6-8)17-5-7-1-2-9(14)4-10(7)15/h1-4,6H,5H2,(H,17,18). The van der Waals surface area contributed by atoms with Gasteiger partial charge in [0.15, 0.2) is 11.6 Å². The third-order valence-corrected chi connectivity index (χ3v) is 2.48. The molecule has 2 nitrogen and oxygen atoms in total. The van der Waals surface area contributed by atoms with E-state index in [1.165, 1.54) is 12.3 Å². The number of pyridine rings is 1. The van der Waals surface area contributed by atoms with Crippen molar-refractivity contribution in [3.8, 4) is 0 Å². The number of nitrogens with zero attached hydrogens (tertiary/aromatic N) is 1. The number of aromatic nitrogens is 1. The molecule has 94 valence electrons. The molecule has 2 aromatic rings. The molecule has 0 amide bonds. The second-order valence-corrected chi connectivity index (χ2v) is 4.01. The van der Waals surface area contributed by atoms with Gasteiger partial charge in [-0.15, -0.1) is 0 Å². The van der Waals surface area contributed by atoms with Crippen LogP contribution in [-0.4, -0.2) is 4.98 Å². The predicted molar refractivity (Wildman–Crippen MR) is 62.9 cm³/mol. The van der Waals surface area contributed by atoms with Gasteiger partial charge in [-0.3, -0.25) is 0 Å². The molecule has 6 heteroatoms. The van der Waals surface area contributed by atoms with Gasteiger partial charge in [-0.1, -0.05) is 17.7 Å². The highest BCUT2D eigenvalue weighted by molar-refractivity contribution is 6.30. The van der Waals surface area contributed by atoms with Crippen molar-refractivity contribution in [3.63, 3.8) is 0 Å². The highest BCUT2D eigenvalue weighted by Crippen LogP contribution is 2.17. The quantitative estimate of drug-likeness (QED) is 0.920. The molecule has 0 aliphatic rings. The fraction of sp³-hybridized carbons (Fsp3) is 0.0833. The highest BCUT2D eigenvalue weighted by Gasteiger charge is 2.07. The van der Waals surface area contributed by atoms with E-state index in [2.05, 4.69) is 10.3 Å². The van der Waals surface area contributed by atoms with Gasteiger partial charge in [-0.05, 0) is 12.1 Å². The van der Waals surface area contributed by atoms with Gasteiger partial charge in [0.25, 0.3) is 0 Å². The minimum Gasteiger partial charge on any atom is -0.363 e. The van der Waals surface area contributed by atoms with E-state index in [-0.39, 0.29) is 22.9 Å². The Balaban J connectivity index is 2.11. The molecule has 1 aromatic carbocycles.